The standard InChI is InChI=1S/C12H18BrNO3/c1-8(14-2)11-4-3-9(13)5-12(11)17-7-10(16)6-15/h3-5,8,10,14-16H,6-7H2,1-2H3. The largest absolute Gasteiger partial charge is 0.490 e. The van der Waals surface area contributed by atoms with Gasteiger partial charge in [-0.3, -0.25) is 0 Å². The van der Waals surface area contributed by atoms with Gasteiger partial charge in [0.1, 0.15) is 18.5 Å². The molecule has 96 valence electrons. The molecular formula is C12H18BrNO3. The van der Waals surface area contributed by atoms with Crippen molar-refractivity contribution in [3.8, 4) is 5.75 Å². The Hall–Kier alpha value is -0.620. The summed E-state index contributed by atoms with van der Waals surface area (Å²) in [5.74, 6) is 0.703. The molecule has 0 aliphatic heterocycles. The Bertz CT molecular complexity index is 360. The van der Waals surface area contributed by atoms with E-state index in [4.69, 9.17) is 9.84 Å². The minimum Gasteiger partial charge on any atom is -0.490 e. The first-order valence-corrected chi connectivity index (χ1v) is 6.26. The quantitative estimate of drug-likeness (QED) is 0.745. The number of halogens is 1. The first-order chi connectivity index (χ1) is 8.08. The van der Waals surface area contributed by atoms with E-state index in [9.17, 15) is 5.11 Å². The molecular weight excluding hydrogens is 286 g/mol. The maximum absolute atomic E-state index is 9.27. The molecule has 0 amide bonds. The van der Waals surface area contributed by atoms with Gasteiger partial charge in [-0.05, 0) is 26.1 Å². The fourth-order valence-electron chi connectivity index (χ4n) is 1.39. The number of rotatable bonds is 6. The van der Waals surface area contributed by atoms with Crippen LogP contribution in [0.5, 0.6) is 5.75 Å². The second-order valence-electron chi connectivity index (χ2n) is 3.84. The van der Waals surface area contributed by atoms with Crippen LogP contribution in [0.3, 0.4) is 0 Å². The molecule has 0 aromatic heterocycles. The van der Waals surface area contributed by atoms with Crippen LogP contribution in [0.1, 0.15) is 18.5 Å². The molecule has 0 saturated heterocycles. The van der Waals surface area contributed by atoms with E-state index in [1.807, 2.05) is 32.2 Å². The van der Waals surface area contributed by atoms with Gasteiger partial charge >= 0.3 is 0 Å². The van der Waals surface area contributed by atoms with Gasteiger partial charge in [0, 0.05) is 16.1 Å². The summed E-state index contributed by atoms with van der Waals surface area (Å²) in [6, 6.07) is 5.92. The van der Waals surface area contributed by atoms with Gasteiger partial charge in [0.15, 0.2) is 0 Å². The molecule has 0 spiro atoms. The zero-order chi connectivity index (χ0) is 12.8. The molecule has 0 radical (unpaired) electrons. The molecule has 0 saturated carbocycles. The van der Waals surface area contributed by atoms with Crippen molar-refractivity contribution in [2.75, 3.05) is 20.3 Å². The summed E-state index contributed by atoms with van der Waals surface area (Å²) in [6.07, 6.45) is -0.855. The molecule has 0 heterocycles. The number of hydrogen-bond donors (Lipinski definition) is 3. The SMILES string of the molecule is CNC(C)c1ccc(Br)cc1OCC(O)CO. The number of benzene rings is 1. The fourth-order valence-corrected chi connectivity index (χ4v) is 1.73. The predicted molar refractivity (Wildman–Crippen MR) is 70.2 cm³/mol. The molecule has 2 atom stereocenters. The number of hydrogen-bond acceptors (Lipinski definition) is 4. The molecule has 1 aromatic rings. The van der Waals surface area contributed by atoms with Gasteiger partial charge in [-0.25, -0.2) is 0 Å². The van der Waals surface area contributed by atoms with E-state index < -0.39 is 6.10 Å². The van der Waals surface area contributed by atoms with Crippen molar-refractivity contribution in [3.05, 3.63) is 28.2 Å². The van der Waals surface area contributed by atoms with E-state index in [-0.39, 0.29) is 19.3 Å². The summed E-state index contributed by atoms with van der Waals surface area (Å²) >= 11 is 3.38. The van der Waals surface area contributed by atoms with Crippen molar-refractivity contribution in [2.24, 2.45) is 0 Å². The normalized spacial score (nSPS) is 14.4. The minimum atomic E-state index is -0.855. The summed E-state index contributed by atoms with van der Waals surface area (Å²) in [6.45, 7) is 1.81. The molecule has 17 heavy (non-hydrogen) atoms. The van der Waals surface area contributed by atoms with Crippen LogP contribution in [-0.4, -0.2) is 36.6 Å². The van der Waals surface area contributed by atoms with Crippen molar-refractivity contribution in [1.29, 1.82) is 0 Å². The first-order valence-electron chi connectivity index (χ1n) is 5.47. The van der Waals surface area contributed by atoms with E-state index in [2.05, 4.69) is 21.2 Å². The lowest BCUT2D eigenvalue weighted by molar-refractivity contribution is 0.0531. The van der Waals surface area contributed by atoms with Gasteiger partial charge < -0.3 is 20.3 Å². The lowest BCUT2D eigenvalue weighted by atomic mass is 10.1. The molecule has 4 nitrogen and oxygen atoms in total. The highest BCUT2D eigenvalue weighted by molar-refractivity contribution is 9.10. The summed E-state index contributed by atoms with van der Waals surface area (Å²) < 4.78 is 6.43. The van der Waals surface area contributed by atoms with Crippen molar-refractivity contribution >= 4 is 15.9 Å². The van der Waals surface area contributed by atoms with Crippen molar-refractivity contribution in [3.63, 3.8) is 0 Å². The number of ether oxygens (including phenoxy) is 1. The summed E-state index contributed by atoms with van der Waals surface area (Å²) in [5.41, 5.74) is 1.01. The van der Waals surface area contributed by atoms with E-state index in [0.717, 1.165) is 10.0 Å². The molecule has 2 unspecified atom stereocenters. The van der Waals surface area contributed by atoms with Gasteiger partial charge in [0.2, 0.25) is 0 Å². The number of aliphatic hydroxyl groups is 2. The maximum Gasteiger partial charge on any atom is 0.125 e. The van der Waals surface area contributed by atoms with Gasteiger partial charge in [-0.1, -0.05) is 22.0 Å². The first kappa shape index (κ1) is 14.4. The third-order valence-electron chi connectivity index (χ3n) is 2.52. The van der Waals surface area contributed by atoms with Gasteiger partial charge in [-0.2, -0.15) is 0 Å². The monoisotopic (exact) mass is 303 g/mol. The highest BCUT2D eigenvalue weighted by Crippen LogP contribution is 2.28. The summed E-state index contributed by atoms with van der Waals surface area (Å²) in [4.78, 5) is 0. The molecule has 0 aliphatic carbocycles. The van der Waals surface area contributed by atoms with E-state index in [0.29, 0.717) is 5.75 Å². The van der Waals surface area contributed by atoms with Crippen LogP contribution in [0.25, 0.3) is 0 Å². The fraction of sp³-hybridized carbons (Fsp3) is 0.500. The molecule has 0 bridgehead atoms. The maximum atomic E-state index is 9.27. The van der Waals surface area contributed by atoms with Crippen LogP contribution in [0, 0.1) is 0 Å². The van der Waals surface area contributed by atoms with Crippen LogP contribution >= 0.6 is 15.9 Å². The highest BCUT2D eigenvalue weighted by Gasteiger charge is 2.12. The Labute approximate surface area is 110 Å². The topological polar surface area (TPSA) is 61.7 Å². The minimum absolute atomic E-state index is 0.0797. The lowest BCUT2D eigenvalue weighted by Crippen LogP contribution is -2.22. The van der Waals surface area contributed by atoms with Crippen LogP contribution in [0.15, 0.2) is 22.7 Å². The van der Waals surface area contributed by atoms with E-state index in [1.54, 1.807) is 0 Å². The molecule has 5 heteroatoms. The van der Waals surface area contributed by atoms with Crippen molar-refractivity contribution < 1.29 is 14.9 Å². The Kier molecular flexibility index (Phi) is 5.91. The molecule has 3 N–H and O–H groups in total. The van der Waals surface area contributed by atoms with Crippen LogP contribution < -0.4 is 10.1 Å². The Balaban J connectivity index is 2.83. The van der Waals surface area contributed by atoms with Gasteiger partial charge in [0.25, 0.3) is 0 Å². The van der Waals surface area contributed by atoms with Crippen LogP contribution in [0.4, 0.5) is 0 Å². The highest BCUT2D eigenvalue weighted by atomic mass is 79.9. The predicted octanol–water partition coefficient (Wildman–Crippen LogP) is 1.46. The van der Waals surface area contributed by atoms with Crippen LogP contribution in [0.2, 0.25) is 0 Å². The number of nitrogens with one attached hydrogen (secondary N) is 1. The second-order valence-corrected chi connectivity index (χ2v) is 4.76. The van der Waals surface area contributed by atoms with Crippen LogP contribution in [-0.2, 0) is 0 Å². The molecule has 1 rings (SSSR count). The Morgan fingerprint density at radius 1 is 1.47 bits per heavy atom. The third-order valence-corrected chi connectivity index (χ3v) is 3.01. The molecule has 0 aliphatic rings. The smallest absolute Gasteiger partial charge is 0.125 e. The molecule has 1 aromatic carbocycles. The lowest BCUT2D eigenvalue weighted by Gasteiger charge is -2.18. The number of aliphatic hydroxyl groups excluding tert-OH is 2. The summed E-state index contributed by atoms with van der Waals surface area (Å²) in [7, 11) is 1.87. The third kappa shape index (κ3) is 4.27. The van der Waals surface area contributed by atoms with Gasteiger partial charge in [-0.15, -0.1) is 0 Å². The average molecular weight is 304 g/mol. The Morgan fingerprint density at radius 2 is 2.18 bits per heavy atom. The summed E-state index contributed by atoms with van der Waals surface area (Å²) in [5, 5.41) is 21.1. The van der Waals surface area contributed by atoms with E-state index in [1.165, 1.54) is 0 Å². The zero-order valence-corrected chi connectivity index (χ0v) is 11.6. The Morgan fingerprint density at radius 3 is 2.76 bits per heavy atom. The average Bonchev–Trinajstić information content (AvgIpc) is 2.35. The molecule has 0 fully saturated rings. The van der Waals surface area contributed by atoms with Gasteiger partial charge in [0.05, 0.1) is 6.61 Å². The zero-order valence-electron chi connectivity index (χ0n) is 9.98. The van der Waals surface area contributed by atoms with E-state index >= 15 is 0 Å². The van der Waals surface area contributed by atoms with Crippen molar-refractivity contribution in [1.82, 2.24) is 5.32 Å². The van der Waals surface area contributed by atoms with Crippen molar-refractivity contribution in [2.45, 2.75) is 19.1 Å². The second kappa shape index (κ2) is 6.96.